The molecule has 1 saturated heterocycles. The normalized spacial score (nSPS) is 14.9. The van der Waals surface area contributed by atoms with Crippen molar-refractivity contribution in [3.63, 3.8) is 0 Å². The van der Waals surface area contributed by atoms with Gasteiger partial charge in [0.25, 0.3) is 5.91 Å². The van der Waals surface area contributed by atoms with Gasteiger partial charge >= 0.3 is 5.97 Å². The second-order valence-corrected chi connectivity index (χ2v) is 7.59. The number of anilines is 2. The van der Waals surface area contributed by atoms with Crippen LogP contribution in [0.25, 0.3) is 10.9 Å². The lowest BCUT2D eigenvalue weighted by Gasteiger charge is -2.28. The zero-order valence-corrected chi connectivity index (χ0v) is 17.6. The van der Waals surface area contributed by atoms with Gasteiger partial charge in [-0.15, -0.1) is 0 Å². The Morgan fingerprint density at radius 2 is 1.81 bits per heavy atom. The number of benzene rings is 2. The fourth-order valence-corrected chi connectivity index (χ4v) is 3.68. The Morgan fingerprint density at radius 1 is 1.06 bits per heavy atom. The minimum Gasteiger partial charge on any atom is -0.452 e. The molecule has 1 aliphatic heterocycles. The number of amides is 1. The van der Waals surface area contributed by atoms with E-state index in [0.717, 1.165) is 42.9 Å². The van der Waals surface area contributed by atoms with E-state index in [1.807, 2.05) is 65.4 Å². The Balaban J connectivity index is 1.25. The van der Waals surface area contributed by atoms with E-state index in [2.05, 4.69) is 10.2 Å². The molecule has 0 radical (unpaired) electrons. The molecule has 1 aromatic heterocycles. The maximum absolute atomic E-state index is 12.4. The van der Waals surface area contributed by atoms with Crippen LogP contribution in [-0.2, 0) is 25.6 Å². The molecule has 7 heteroatoms. The van der Waals surface area contributed by atoms with Crippen molar-refractivity contribution in [1.29, 1.82) is 0 Å². The third-order valence-electron chi connectivity index (χ3n) is 5.43. The number of morpholine rings is 1. The smallest absolute Gasteiger partial charge is 0.308 e. The molecule has 1 amide bonds. The standard InChI is InChI=1S/C24H27N3O4/c1-18(31-23(28)11-13-27-12-10-19-4-2-3-5-22(19)27)24(29)25-20-6-8-21(9-7-20)26-14-16-30-17-15-26/h2-10,12,18H,11,13-17H2,1H3,(H,25,29)/t18-/m0/s1. The number of carbonyl (C=O) groups is 2. The van der Waals surface area contributed by atoms with E-state index >= 15 is 0 Å². The van der Waals surface area contributed by atoms with Gasteiger partial charge in [0.1, 0.15) is 0 Å². The summed E-state index contributed by atoms with van der Waals surface area (Å²) in [7, 11) is 0. The zero-order chi connectivity index (χ0) is 21.6. The second kappa shape index (κ2) is 9.66. The van der Waals surface area contributed by atoms with Crippen LogP contribution >= 0.6 is 0 Å². The molecule has 2 aromatic carbocycles. The van der Waals surface area contributed by atoms with Gasteiger partial charge in [-0.25, -0.2) is 0 Å². The minimum absolute atomic E-state index is 0.199. The minimum atomic E-state index is -0.868. The highest BCUT2D eigenvalue weighted by molar-refractivity contribution is 5.95. The van der Waals surface area contributed by atoms with Gasteiger partial charge in [-0.3, -0.25) is 9.59 Å². The first kappa shape index (κ1) is 20.9. The molecule has 3 aromatic rings. The number of nitrogens with one attached hydrogen (secondary N) is 1. The molecule has 0 saturated carbocycles. The average Bonchev–Trinajstić information content (AvgIpc) is 3.22. The van der Waals surface area contributed by atoms with Crippen LogP contribution in [0.3, 0.4) is 0 Å². The van der Waals surface area contributed by atoms with E-state index < -0.39 is 12.1 Å². The molecule has 31 heavy (non-hydrogen) atoms. The summed E-state index contributed by atoms with van der Waals surface area (Å²) in [5.41, 5.74) is 2.84. The molecule has 2 heterocycles. The molecule has 1 aliphatic rings. The molecule has 7 nitrogen and oxygen atoms in total. The lowest BCUT2D eigenvalue weighted by molar-refractivity contribution is -0.153. The van der Waals surface area contributed by atoms with Gasteiger partial charge in [-0.1, -0.05) is 18.2 Å². The third kappa shape index (κ3) is 5.24. The van der Waals surface area contributed by atoms with E-state index in [9.17, 15) is 9.59 Å². The number of rotatable bonds is 7. The summed E-state index contributed by atoms with van der Waals surface area (Å²) in [6, 6.07) is 17.7. The van der Waals surface area contributed by atoms with Gasteiger partial charge in [-0.05, 0) is 48.7 Å². The van der Waals surface area contributed by atoms with Crippen molar-refractivity contribution in [2.24, 2.45) is 0 Å². The predicted molar refractivity (Wildman–Crippen MR) is 120 cm³/mol. The van der Waals surface area contributed by atoms with E-state index in [1.54, 1.807) is 6.92 Å². The lowest BCUT2D eigenvalue weighted by Crippen LogP contribution is -2.36. The van der Waals surface area contributed by atoms with Crippen LogP contribution in [0.2, 0.25) is 0 Å². The van der Waals surface area contributed by atoms with Crippen molar-refractivity contribution in [3.8, 4) is 0 Å². The number of ether oxygens (including phenoxy) is 2. The molecule has 4 rings (SSSR count). The summed E-state index contributed by atoms with van der Waals surface area (Å²) >= 11 is 0. The van der Waals surface area contributed by atoms with Gasteiger partial charge in [0.05, 0.1) is 19.6 Å². The fraction of sp³-hybridized carbons (Fsp3) is 0.333. The topological polar surface area (TPSA) is 72.8 Å². The Bertz CT molecular complexity index is 1040. The van der Waals surface area contributed by atoms with Gasteiger partial charge in [0, 0.05) is 42.7 Å². The van der Waals surface area contributed by atoms with Crippen molar-refractivity contribution in [2.75, 3.05) is 36.5 Å². The fourth-order valence-electron chi connectivity index (χ4n) is 3.68. The monoisotopic (exact) mass is 421 g/mol. The Kier molecular flexibility index (Phi) is 6.52. The van der Waals surface area contributed by atoms with Crippen molar-refractivity contribution in [2.45, 2.75) is 26.0 Å². The number of hydrogen-bond donors (Lipinski definition) is 1. The molecular weight excluding hydrogens is 394 g/mol. The first-order chi connectivity index (χ1) is 15.1. The lowest BCUT2D eigenvalue weighted by atomic mass is 10.2. The summed E-state index contributed by atoms with van der Waals surface area (Å²) in [5, 5.41) is 3.93. The SMILES string of the molecule is C[C@H](OC(=O)CCn1ccc2ccccc21)C(=O)Nc1ccc(N2CCOCC2)cc1. The molecule has 1 atom stereocenters. The molecule has 162 valence electrons. The van der Waals surface area contributed by atoms with Crippen LogP contribution in [0.15, 0.2) is 60.8 Å². The third-order valence-corrected chi connectivity index (χ3v) is 5.43. The van der Waals surface area contributed by atoms with Crippen LogP contribution in [0.4, 0.5) is 11.4 Å². The molecule has 1 N–H and O–H groups in total. The Morgan fingerprint density at radius 3 is 2.58 bits per heavy atom. The number of fused-ring (bicyclic) bond motifs is 1. The van der Waals surface area contributed by atoms with Gasteiger partial charge in [0.15, 0.2) is 6.10 Å². The molecule has 0 aliphatic carbocycles. The van der Waals surface area contributed by atoms with E-state index in [-0.39, 0.29) is 12.3 Å². The highest BCUT2D eigenvalue weighted by Crippen LogP contribution is 2.19. The summed E-state index contributed by atoms with van der Waals surface area (Å²) < 4.78 is 12.7. The Hall–Kier alpha value is -3.32. The maximum atomic E-state index is 12.4. The van der Waals surface area contributed by atoms with Crippen LogP contribution in [-0.4, -0.2) is 48.9 Å². The summed E-state index contributed by atoms with van der Waals surface area (Å²) in [6.07, 6.45) is 1.28. The molecule has 1 fully saturated rings. The van der Waals surface area contributed by atoms with Crippen molar-refractivity contribution < 1.29 is 19.1 Å². The van der Waals surface area contributed by atoms with Crippen molar-refractivity contribution in [1.82, 2.24) is 4.57 Å². The highest BCUT2D eigenvalue weighted by Gasteiger charge is 2.18. The quantitative estimate of drug-likeness (QED) is 0.592. The highest BCUT2D eigenvalue weighted by atomic mass is 16.5. The van der Waals surface area contributed by atoms with E-state index in [1.165, 1.54) is 0 Å². The summed E-state index contributed by atoms with van der Waals surface area (Å²) in [5.74, 6) is -0.748. The first-order valence-electron chi connectivity index (χ1n) is 10.6. The number of hydrogen-bond acceptors (Lipinski definition) is 5. The van der Waals surface area contributed by atoms with Crippen LogP contribution < -0.4 is 10.2 Å². The first-order valence-corrected chi connectivity index (χ1v) is 10.6. The summed E-state index contributed by atoms with van der Waals surface area (Å²) in [6.45, 7) is 5.25. The van der Waals surface area contributed by atoms with E-state index in [0.29, 0.717) is 12.2 Å². The number of esters is 1. The maximum Gasteiger partial charge on any atom is 0.308 e. The molecule has 0 bridgehead atoms. The van der Waals surface area contributed by atoms with Gasteiger partial charge in [-0.2, -0.15) is 0 Å². The number of nitrogens with zero attached hydrogens (tertiary/aromatic N) is 2. The van der Waals surface area contributed by atoms with Crippen LogP contribution in [0.1, 0.15) is 13.3 Å². The number of aryl methyl sites for hydroxylation is 1. The molecule has 0 unspecified atom stereocenters. The van der Waals surface area contributed by atoms with Gasteiger partial charge in [0.2, 0.25) is 0 Å². The van der Waals surface area contributed by atoms with Gasteiger partial charge < -0.3 is 24.3 Å². The number of carbonyl (C=O) groups excluding carboxylic acids is 2. The van der Waals surface area contributed by atoms with Crippen LogP contribution in [0, 0.1) is 0 Å². The number of para-hydroxylation sites is 1. The second-order valence-electron chi connectivity index (χ2n) is 7.59. The largest absolute Gasteiger partial charge is 0.452 e. The zero-order valence-electron chi connectivity index (χ0n) is 17.6. The predicted octanol–water partition coefficient (Wildman–Crippen LogP) is 3.44. The van der Waals surface area contributed by atoms with Crippen molar-refractivity contribution >= 4 is 34.2 Å². The Labute approximate surface area is 181 Å². The van der Waals surface area contributed by atoms with Crippen LogP contribution in [0.5, 0.6) is 0 Å². The van der Waals surface area contributed by atoms with E-state index in [4.69, 9.17) is 9.47 Å². The molecule has 0 spiro atoms. The summed E-state index contributed by atoms with van der Waals surface area (Å²) in [4.78, 5) is 26.9. The molecular formula is C24H27N3O4. The number of aromatic nitrogens is 1. The average molecular weight is 421 g/mol. The van der Waals surface area contributed by atoms with Crippen molar-refractivity contribution in [3.05, 3.63) is 60.8 Å².